The first-order chi connectivity index (χ1) is 10.7. The van der Waals surface area contributed by atoms with E-state index in [-0.39, 0.29) is 17.7 Å². The topological polar surface area (TPSA) is 49.9 Å². The van der Waals surface area contributed by atoms with Crippen molar-refractivity contribution in [3.05, 3.63) is 29.8 Å². The van der Waals surface area contributed by atoms with E-state index in [1.165, 1.54) is 0 Å². The third-order valence-corrected chi connectivity index (χ3v) is 5.46. The van der Waals surface area contributed by atoms with Crippen LogP contribution < -0.4 is 4.74 Å². The summed E-state index contributed by atoms with van der Waals surface area (Å²) >= 11 is 1.82. The van der Waals surface area contributed by atoms with Crippen molar-refractivity contribution in [3.8, 4) is 5.75 Å². The van der Waals surface area contributed by atoms with Crippen LogP contribution in [0.4, 0.5) is 0 Å². The number of thioether (sulfide) groups is 1. The molecule has 0 bridgehead atoms. The Bertz CT molecular complexity index is 566. The summed E-state index contributed by atoms with van der Waals surface area (Å²) < 4.78 is 5.16. The van der Waals surface area contributed by atoms with Crippen LogP contribution in [0, 0.1) is 5.92 Å². The highest BCUT2D eigenvalue weighted by Gasteiger charge is 2.32. The number of hydrogen-bond donors (Lipinski definition) is 0. The number of carbonyl (C=O) groups excluding carboxylic acids is 2. The maximum Gasteiger partial charge on any atom is 0.254 e. The molecule has 6 heteroatoms. The summed E-state index contributed by atoms with van der Waals surface area (Å²) in [5, 5.41) is 0. The molecule has 2 aliphatic rings. The van der Waals surface area contributed by atoms with Crippen molar-refractivity contribution in [1.29, 1.82) is 0 Å². The van der Waals surface area contributed by atoms with Crippen molar-refractivity contribution < 1.29 is 14.3 Å². The summed E-state index contributed by atoms with van der Waals surface area (Å²) in [5.41, 5.74) is 0.634. The molecule has 0 aliphatic carbocycles. The van der Waals surface area contributed by atoms with Gasteiger partial charge in [0.05, 0.1) is 13.0 Å². The predicted octanol–water partition coefficient (Wildman–Crippen LogP) is 1.34. The van der Waals surface area contributed by atoms with Crippen LogP contribution in [0.1, 0.15) is 10.4 Å². The van der Waals surface area contributed by atoms with E-state index in [1.807, 2.05) is 33.7 Å². The van der Waals surface area contributed by atoms with Crippen LogP contribution in [0.5, 0.6) is 5.75 Å². The number of carbonyl (C=O) groups is 2. The Morgan fingerprint density at radius 1 is 1.14 bits per heavy atom. The first-order valence-corrected chi connectivity index (χ1v) is 8.64. The van der Waals surface area contributed by atoms with E-state index in [9.17, 15) is 9.59 Å². The lowest BCUT2D eigenvalue weighted by molar-refractivity contribution is -0.135. The number of amides is 2. The van der Waals surface area contributed by atoms with E-state index in [4.69, 9.17) is 4.74 Å². The molecule has 3 rings (SSSR count). The fraction of sp³-hybridized carbons (Fsp3) is 0.500. The van der Waals surface area contributed by atoms with Crippen LogP contribution in [-0.2, 0) is 4.79 Å². The molecule has 0 unspecified atom stereocenters. The molecule has 0 aromatic heterocycles. The van der Waals surface area contributed by atoms with E-state index >= 15 is 0 Å². The highest BCUT2D eigenvalue weighted by Crippen LogP contribution is 2.26. The molecule has 2 fully saturated rings. The lowest BCUT2D eigenvalue weighted by Crippen LogP contribution is -2.53. The second-order valence-corrected chi connectivity index (χ2v) is 6.66. The summed E-state index contributed by atoms with van der Waals surface area (Å²) in [6.45, 7) is 2.47. The smallest absolute Gasteiger partial charge is 0.254 e. The van der Waals surface area contributed by atoms with Crippen molar-refractivity contribution in [2.45, 2.75) is 0 Å². The van der Waals surface area contributed by atoms with Gasteiger partial charge < -0.3 is 14.5 Å². The number of hydrogen-bond acceptors (Lipinski definition) is 4. The zero-order valence-electron chi connectivity index (χ0n) is 12.7. The molecule has 2 saturated heterocycles. The highest BCUT2D eigenvalue weighted by molar-refractivity contribution is 8.00. The van der Waals surface area contributed by atoms with Gasteiger partial charge in [-0.1, -0.05) is 6.07 Å². The van der Waals surface area contributed by atoms with Gasteiger partial charge in [-0.2, -0.15) is 11.8 Å². The number of nitrogens with zero attached hydrogens (tertiary/aromatic N) is 2. The lowest BCUT2D eigenvalue weighted by Gasteiger charge is -2.38. The maximum absolute atomic E-state index is 12.5. The average Bonchev–Trinajstić information content (AvgIpc) is 2.52. The lowest BCUT2D eigenvalue weighted by atomic mass is 10.1. The van der Waals surface area contributed by atoms with Gasteiger partial charge in [-0.3, -0.25) is 9.59 Å². The SMILES string of the molecule is COc1cccc(C(=O)N2CCN(C(=O)C3CSC3)CC2)c1. The number of benzene rings is 1. The monoisotopic (exact) mass is 320 g/mol. The van der Waals surface area contributed by atoms with Gasteiger partial charge in [-0.15, -0.1) is 0 Å². The van der Waals surface area contributed by atoms with E-state index in [0.717, 1.165) is 11.5 Å². The van der Waals surface area contributed by atoms with Gasteiger partial charge >= 0.3 is 0 Å². The third-order valence-electron chi connectivity index (χ3n) is 4.18. The quantitative estimate of drug-likeness (QED) is 0.843. The molecule has 2 amide bonds. The van der Waals surface area contributed by atoms with Crippen molar-refractivity contribution in [2.75, 3.05) is 44.8 Å². The summed E-state index contributed by atoms with van der Waals surface area (Å²) in [7, 11) is 1.59. The van der Waals surface area contributed by atoms with E-state index in [1.54, 1.807) is 19.2 Å². The van der Waals surface area contributed by atoms with E-state index < -0.39 is 0 Å². The van der Waals surface area contributed by atoms with Crippen LogP contribution in [0.3, 0.4) is 0 Å². The van der Waals surface area contributed by atoms with Crippen molar-refractivity contribution in [3.63, 3.8) is 0 Å². The van der Waals surface area contributed by atoms with Crippen LogP contribution >= 0.6 is 11.8 Å². The van der Waals surface area contributed by atoms with Crippen molar-refractivity contribution in [1.82, 2.24) is 9.80 Å². The summed E-state index contributed by atoms with van der Waals surface area (Å²) in [6, 6.07) is 7.20. The Morgan fingerprint density at radius 2 is 1.82 bits per heavy atom. The van der Waals surface area contributed by atoms with E-state index in [0.29, 0.717) is 37.5 Å². The Labute approximate surface area is 134 Å². The van der Waals surface area contributed by atoms with E-state index in [2.05, 4.69) is 0 Å². The zero-order valence-corrected chi connectivity index (χ0v) is 13.5. The molecule has 2 heterocycles. The summed E-state index contributed by atoms with van der Waals surface area (Å²) in [4.78, 5) is 28.4. The minimum Gasteiger partial charge on any atom is -0.497 e. The molecular weight excluding hydrogens is 300 g/mol. The molecule has 0 saturated carbocycles. The highest BCUT2D eigenvalue weighted by atomic mass is 32.2. The fourth-order valence-corrected chi connectivity index (χ4v) is 3.46. The number of ether oxygens (including phenoxy) is 1. The zero-order chi connectivity index (χ0) is 15.5. The van der Waals surface area contributed by atoms with Crippen LogP contribution in [0.2, 0.25) is 0 Å². The maximum atomic E-state index is 12.5. The Morgan fingerprint density at radius 3 is 2.41 bits per heavy atom. The van der Waals surface area contributed by atoms with Gasteiger partial charge in [0, 0.05) is 43.2 Å². The molecule has 0 N–H and O–H groups in total. The van der Waals surface area contributed by atoms with Gasteiger partial charge in [0.15, 0.2) is 0 Å². The molecule has 0 atom stereocenters. The van der Waals surface area contributed by atoms with Gasteiger partial charge in [-0.25, -0.2) is 0 Å². The van der Waals surface area contributed by atoms with Crippen molar-refractivity contribution >= 4 is 23.6 Å². The normalized spacial score (nSPS) is 18.8. The largest absolute Gasteiger partial charge is 0.497 e. The van der Waals surface area contributed by atoms with Crippen LogP contribution in [0.25, 0.3) is 0 Å². The van der Waals surface area contributed by atoms with Gasteiger partial charge in [0.25, 0.3) is 5.91 Å². The van der Waals surface area contributed by atoms with Gasteiger partial charge in [0.1, 0.15) is 5.75 Å². The minimum absolute atomic E-state index is 0.00481. The molecule has 0 spiro atoms. The molecule has 1 aromatic carbocycles. The first-order valence-electron chi connectivity index (χ1n) is 7.49. The number of piperazine rings is 1. The van der Waals surface area contributed by atoms with Crippen molar-refractivity contribution in [2.24, 2.45) is 5.92 Å². The Kier molecular flexibility index (Phi) is 4.57. The second-order valence-electron chi connectivity index (χ2n) is 5.58. The molecule has 0 radical (unpaired) electrons. The Balaban J connectivity index is 1.58. The number of methoxy groups -OCH3 is 1. The molecule has 2 aliphatic heterocycles. The fourth-order valence-electron chi connectivity index (χ4n) is 2.71. The minimum atomic E-state index is 0.00481. The predicted molar refractivity (Wildman–Crippen MR) is 86.3 cm³/mol. The second kappa shape index (κ2) is 6.60. The van der Waals surface area contributed by atoms with Crippen LogP contribution in [0.15, 0.2) is 24.3 Å². The standard InChI is InChI=1S/C16H20N2O3S/c1-21-14-4-2-3-12(9-14)15(19)17-5-7-18(8-6-17)16(20)13-10-22-11-13/h2-4,9,13H,5-8,10-11H2,1H3. The Hall–Kier alpha value is -1.69. The third kappa shape index (κ3) is 3.06. The molecule has 118 valence electrons. The van der Waals surface area contributed by atoms with Gasteiger partial charge in [-0.05, 0) is 18.2 Å². The summed E-state index contributed by atoms with van der Waals surface area (Å²) in [5.74, 6) is 3.04. The number of rotatable bonds is 3. The van der Waals surface area contributed by atoms with Crippen LogP contribution in [-0.4, -0.2) is 66.4 Å². The molecular formula is C16H20N2O3S. The molecule has 1 aromatic rings. The van der Waals surface area contributed by atoms with Gasteiger partial charge in [0.2, 0.25) is 5.91 Å². The summed E-state index contributed by atoms with van der Waals surface area (Å²) in [6.07, 6.45) is 0. The first kappa shape index (κ1) is 15.2. The molecule has 5 nitrogen and oxygen atoms in total. The molecule has 22 heavy (non-hydrogen) atoms. The average molecular weight is 320 g/mol.